The number of hydrogen-bond donors (Lipinski definition) is 0. The predicted molar refractivity (Wildman–Crippen MR) is 60.7 cm³/mol. The van der Waals surface area contributed by atoms with Crippen molar-refractivity contribution in [2.45, 2.75) is 13.5 Å². The van der Waals surface area contributed by atoms with Gasteiger partial charge in [0.2, 0.25) is 0 Å². The third-order valence-corrected chi connectivity index (χ3v) is 2.07. The van der Waals surface area contributed by atoms with Gasteiger partial charge in [-0.05, 0) is 12.5 Å². The number of benzene rings is 1. The quantitative estimate of drug-likeness (QED) is 0.447. The molecule has 0 aliphatic heterocycles. The summed E-state index contributed by atoms with van der Waals surface area (Å²) in [6.45, 7) is 1.99. The summed E-state index contributed by atoms with van der Waals surface area (Å²) in [5.41, 5.74) is 1.52. The Hall–Kier alpha value is -1.28. The van der Waals surface area contributed by atoms with Crippen LogP contribution in [0.2, 0.25) is 0 Å². The molecular formula is C12H13ClO2. The van der Waals surface area contributed by atoms with Crippen molar-refractivity contribution in [1.29, 1.82) is 0 Å². The van der Waals surface area contributed by atoms with E-state index >= 15 is 0 Å². The standard InChI is InChI=1S/C12H13ClO2/c1-10(7-8-13)12(14)15-9-11-5-3-2-4-6-11/h2-7H,8-9H2,1H3/b10-7+. The predicted octanol–water partition coefficient (Wildman–Crippen LogP) is 2.91. The molecule has 0 fully saturated rings. The van der Waals surface area contributed by atoms with Crippen molar-refractivity contribution in [3.63, 3.8) is 0 Å². The van der Waals surface area contributed by atoms with Crippen LogP contribution in [-0.2, 0) is 16.1 Å². The highest BCUT2D eigenvalue weighted by Crippen LogP contribution is 2.04. The van der Waals surface area contributed by atoms with E-state index in [4.69, 9.17) is 16.3 Å². The van der Waals surface area contributed by atoms with Crippen LogP contribution in [0.25, 0.3) is 0 Å². The molecule has 1 aromatic rings. The normalized spacial score (nSPS) is 11.2. The molecule has 0 aliphatic carbocycles. The van der Waals surface area contributed by atoms with Crippen molar-refractivity contribution >= 4 is 17.6 Å². The van der Waals surface area contributed by atoms with Gasteiger partial charge in [0, 0.05) is 11.5 Å². The molecule has 0 N–H and O–H groups in total. The number of hydrogen-bond acceptors (Lipinski definition) is 2. The van der Waals surface area contributed by atoms with Crippen LogP contribution in [0.3, 0.4) is 0 Å². The Morgan fingerprint density at radius 1 is 1.40 bits per heavy atom. The first kappa shape index (κ1) is 11.8. The Labute approximate surface area is 94.5 Å². The van der Waals surface area contributed by atoms with E-state index in [0.29, 0.717) is 18.1 Å². The molecule has 0 radical (unpaired) electrons. The average Bonchev–Trinajstić information content (AvgIpc) is 2.27. The molecule has 0 aromatic heterocycles. The lowest BCUT2D eigenvalue weighted by atomic mass is 10.2. The van der Waals surface area contributed by atoms with Gasteiger partial charge >= 0.3 is 5.97 Å². The molecular weight excluding hydrogens is 212 g/mol. The lowest BCUT2D eigenvalue weighted by Crippen LogP contribution is -2.05. The Morgan fingerprint density at radius 2 is 2.07 bits per heavy atom. The fourth-order valence-electron chi connectivity index (χ4n) is 1.04. The molecule has 0 spiro atoms. The Morgan fingerprint density at radius 3 is 2.67 bits per heavy atom. The summed E-state index contributed by atoms with van der Waals surface area (Å²) in [7, 11) is 0. The third-order valence-electron chi connectivity index (χ3n) is 1.92. The van der Waals surface area contributed by atoms with E-state index in [1.165, 1.54) is 0 Å². The molecule has 80 valence electrons. The summed E-state index contributed by atoms with van der Waals surface area (Å²) in [5, 5.41) is 0. The average molecular weight is 225 g/mol. The van der Waals surface area contributed by atoms with Crippen molar-refractivity contribution in [3.05, 3.63) is 47.5 Å². The van der Waals surface area contributed by atoms with Crippen LogP contribution in [-0.4, -0.2) is 11.8 Å². The second kappa shape index (κ2) is 6.25. The van der Waals surface area contributed by atoms with E-state index in [-0.39, 0.29) is 5.97 Å². The zero-order valence-electron chi connectivity index (χ0n) is 8.57. The number of carbonyl (C=O) groups is 1. The van der Waals surface area contributed by atoms with Gasteiger partial charge in [-0.3, -0.25) is 0 Å². The van der Waals surface area contributed by atoms with Gasteiger partial charge in [-0.15, -0.1) is 11.6 Å². The number of carbonyl (C=O) groups excluding carboxylic acids is 1. The van der Waals surface area contributed by atoms with Crippen LogP contribution >= 0.6 is 11.6 Å². The van der Waals surface area contributed by atoms with Crippen LogP contribution in [0, 0.1) is 0 Å². The SMILES string of the molecule is C/C(=C\CCl)C(=O)OCc1ccccc1. The van der Waals surface area contributed by atoms with Crippen molar-refractivity contribution < 1.29 is 9.53 Å². The van der Waals surface area contributed by atoms with Crippen molar-refractivity contribution in [1.82, 2.24) is 0 Å². The van der Waals surface area contributed by atoms with E-state index in [0.717, 1.165) is 5.56 Å². The molecule has 0 aliphatic rings. The molecule has 0 unspecified atom stereocenters. The Bertz CT molecular complexity index is 344. The monoisotopic (exact) mass is 224 g/mol. The van der Waals surface area contributed by atoms with Crippen molar-refractivity contribution in [2.24, 2.45) is 0 Å². The second-order valence-electron chi connectivity index (χ2n) is 3.10. The fourth-order valence-corrected chi connectivity index (χ4v) is 1.27. The van der Waals surface area contributed by atoms with Gasteiger partial charge in [-0.1, -0.05) is 36.4 Å². The molecule has 15 heavy (non-hydrogen) atoms. The summed E-state index contributed by atoms with van der Waals surface area (Å²) in [4.78, 5) is 11.4. The molecule has 0 bridgehead atoms. The van der Waals surface area contributed by atoms with Gasteiger partial charge in [0.05, 0.1) is 0 Å². The van der Waals surface area contributed by atoms with E-state index in [1.807, 2.05) is 30.3 Å². The highest BCUT2D eigenvalue weighted by Gasteiger charge is 2.04. The molecule has 1 rings (SSSR count). The molecule has 3 heteroatoms. The van der Waals surface area contributed by atoms with Gasteiger partial charge in [0.25, 0.3) is 0 Å². The summed E-state index contributed by atoms with van der Waals surface area (Å²) in [6.07, 6.45) is 1.63. The zero-order chi connectivity index (χ0) is 11.1. The minimum Gasteiger partial charge on any atom is -0.457 e. The number of alkyl halides is 1. The molecule has 0 amide bonds. The zero-order valence-corrected chi connectivity index (χ0v) is 9.33. The maximum atomic E-state index is 11.4. The van der Waals surface area contributed by atoms with Crippen LogP contribution in [0.4, 0.5) is 0 Å². The van der Waals surface area contributed by atoms with Crippen LogP contribution in [0.5, 0.6) is 0 Å². The number of esters is 1. The minimum absolute atomic E-state index is 0.299. The molecule has 0 saturated carbocycles. The van der Waals surface area contributed by atoms with E-state index < -0.39 is 0 Å². The third kappa shape index (κ3) is 4.17. The highest BCUT2D eigenvalue weighted by atomic mass is 35.5. The lowest BCUT2D eigenvalue weighted by molar-refractivity contribution is -0.140. The topological polar surface area (TPSA) is 26.3 Å². The van der Waals surface area contributed by atoms with E-state index in [1.54, 1.807) is 13.0 Å². The summed E-state index contributed by atoms with van der Waals surface area (Å²) in [5.74, 6) is 0.00576. The minimum atomic E-state index is -0.320. The van der Waals surface area contributed by atoms with Gasteiger partial charge in [0.1, 0.15) is 6.61 Å². The summed E-state index contributed by atoms with van der Waals surface area (Å²) >= 11 is 5.47. The number of rotatable bonds is 4. The summed E-state index contributed by atoms with van der Waals surface area (Å²) < 4.78 is 5.08. The molecule has 0 heterocycles. The molecule has 0 saturated heterocycles. The van der Waals surface area contributed by atoms with Gasteiger partial charge in [-0.25, -0.2) is 4.79 Å². The fraction of sp³-hybridized carbons (Fsp3) is 0.250. The van der Waals surface area contributed by atoms with Crippen molar-refractivity contribution in [3.8, 4) is 0 Å². The van der Waals surface area contributed by atoms with E-state index in [9.17, 15) is 4.79 Å². The second-order valence-corrected chi connectivity index (χ2v) is 3.41. The smallest absolute Gasteiger partial charge is 0.333 e. The Balaban J connectivity index is 2.45. The molecule has 2 nitrogen and oxygen atoms in total. The number of ether oxygens (including phenoxy) is 1. The number of allylic oxidation sites excluding steroid dienone is 1. The summed E-state index contributed by atoms with van der Waals surface area (Å²) in [6, 6.07) is 9.56. The first-order chi connectivity index (χ1) is 7.24. The van der Waals surface area contributed by atoms with E-state index in [2.05, 4.69) is 0 Å². The maximum absolute atomic E-state index is 11.4. The van der Waals surface area contributed by atoms with Crippen LogP contribution < -0.4 is 0 Å². The largest absolute Gasteiger partial charge is 0.457 e. The van der Waals surface area contributed by atoms with Gasteiger partial charge in [0.15, 0.2) is 0 Å². The molecule has 1 aromatic carbocycles. The van der Waals surface area contributed by atoms with Crippen molar-refractivity contribution in [2.75, 3.05) is 5.88 Å². The van der Waals surface area contributed by atoms with Crippen LogP contribution in [0.1, 0.15) is 12.5 Å². The first-order valence-electron chi connectivity index (χ1n) is 4.68. The van der Waals surface area contributed by atoms with Gasteiger partial charge < -0.3 is 4.74 Å². The lowest BCUT2D eigenvalue weighted by Gasteiger charge is -2.04. The first-order valence-corrected chi connectivity index (χ1v) is 5.21. The molecule has 0 atom stereocenters. The number of halogens is 1. The van der Waals surface area contributed by atoms with Crippen LogP contribution in [0.15, 0.2) is 42.0 Å². The Kier molecular flexibility index (Phi) is 4.91. The highest BCUT2D eigenvalue weighted by molar-refractivity contribution is 6.19. The van der Waals surface area contributed by atoms with Gasteiger partial charge in [-0.2, -0.15) is 0 Å². The maximum Gasteiger partial charge on any atom is 0.333 e.